The molecule has 0 bridgehead atoms. The van der Waals surface area contributed by atoms with Crippen LogP contribution < -0.4 is 24.8 Å². The van der Waals surface area contributed by atoms with Crippen LogP contribution in [0, 0.1) is 0 Å². The first kappa shape index (κ1) is 29.0. The SMILES string of the molecule is COc1ccccc1Oc1ccccc1NC(=O)CC(=O)Nc1nc(CNS(C)(=O)=O)c(Sc2ccccn2)s1. The van der Waals surface area contributed by atoms with Gasteiger partial charge in [0.15, 0.2) is 22.4 Å². The molecule has 0 spiro atoms. The number of hydrogen-bond donors (Lipinski definition) is 3. The summed E-state index contributed by atoms with van der Waals surface area (Å²) in [5.41, 5.74) is 0.803. The number of thiazole rings is 1. The Kier molecular flexibility index (Phi) is 9.71. The van der Waals surface area contributed by atoms with Gasteiger partial charge in [-0.15, -0.1) is 0 Å². The Morgan fingerprint density at radius 3 is 2.30 bits per heavy atom. The Bertz CT molecular complexity index is 1600. The fourth-order valence-electron chi connectivity index (χ4n) is 3.27. The van der Waals surface area contributed by atoms with E-state index in [4.69, 9.17) is 9.47 Å². The number of para-hydroxylation sites is 4. The molecule has 0 aliphatic rings. The minimum Gasteiger partial charge on any atom is -0.493 e. The molecule has 2 heterocycles. The quantitative estimate of drug-likeness (QED) is 0.200. The molecule has 2 aromatic heterocycles. The van der Waals surface area contributed by atoms with Crippen molar-refractivity contribution in [1.82, 2.24) is 14.7 Å². The maximum Gasteiger partial charge on any atom is 0.235 e. The summed E-state index contributed by atoms with van der Waals surface area (Å²) in [5, 5.41) is 6.22. The van der Waals surface area contributed by atoms with Gasteiger partial charge >= 0.3 is 0 Å². The molecule has 0 saturated heterocycles. The predicted octanol–water partition coefficient (Wildman–Crippen LogP) is 4.51. The van der Waals surface area contributed by atoms with Crippen molar-refractivity contribution in [2.24, 2.45) is 0 Å². The zero-order chi connectivity index (χ0) is 28.5. The molecular weight excluding hydrogens is 575 g/mol. The molecule has 0 unspecified atom stereocenters. The average Bonchev–Trinajstić information content (AvgIpc) is 3.29. The number of nitrogens with zero attached hydrogens (tertiary/aromatic N) is 2. The normalized spacial score (nSPS) is 11.1. The first-order valence-electron chi connectivity index (χ1n) is 11.7. The highest BCUT2D eigenvalue weighted by Crippen LogP contribution is 2.37. The third-order valence-electron chi connectivity index (χ3n) is 5.02. The van der Waals surface area contributed by atoms with E-state index in [0.29, 0.717) is 37.9 Å². The second kappa shape index (κ2) is 13.4. The lowest BCUT2D eigenvalue weighted by molar-refractivity contribution is -0.123. The zero-order valence-electron chi connectivity index (χ0n) is 21.4. The highest BCUT2D eigenvalue weighted by Gasteiger charge is 2.19. The van der Waals surface area contributed by atoms with Crippen molar-refractivity contribution in [3.8, 4) is 17.2 Å². The van der Waals surface area contributed by atoms with Crippen LogP contribution >= 0.6 is 23.1 Å². The lowest BCUT2D eigenvalue weighted by Gasteiger charge is -2.14. The number of hydrogen-bond acceptors (Lipinski definition) is 10. The Morgan fingerprint density at radius 1 is 0.925 bits per heavy atom. The highest BCUT2D eigenvalue weighted by atomic mass is 32.2. The number of benzene rings is 2. The number of methoxy groups -OCH3 is 1. The Morgan fingerprint density at radius 2 is 1.60 bits per heavy atom. The smallest absolute Gasteiger partial charge is 0.235 e. The van der Waals surface area contributed by atoms with Gasteiger partial charge in [0.2, 0.25) is 21.8 Å². The molecule has 4 aromatic rings. The second-order valence-corrected chi connectivity index (χ2v) is 12.3. The molecule has 0 saturated carbocycles. The minimum atomic E-state index is -3.47. The molecule has 208 valence electrons. The fraction of sp³-hybridized carbons (Fsp3) is 0.154. The molecule has 0 fully saturated rings. The summed E-state index contributed by atoms with van der Waals surface area (Å²) in [6.45, 7) is -0.0656. The summed E-state index contributed by atoms with van der Waals surface area (Å²) in [4.78, 5) is 34.0. The largest absolute Gasteiger partial charge is 0.493 e. The molecule has 11 nitrogen and oxygen atoms in total. The lowest BCUT2D eigenvalue weighted by atomic mass is 10.2. The maximum atomic E-state index is 12.7. The van der Waals surface area contributed by atoms with Crippen molar-refractivity contribution in [2.45, 2.75) is 22.2 Å². The van der Waals surface area contributed by atoms with Crippen molar-refractivity contribution < 1.29 is 27.5 Å². The number of pyridine rings is 1. The topological polar surface area (TPSA) is 149 Å². The molecule has 2 amide bonds. The predicted molar refractivity (Wildman–Crippen MR) is 154 cm³/mol. The number of amides is 2. The summed E-state index contributed by atoms with van der Waals surface area (Å²) >= 11 is 2.44. The molecule has 4 rings (SSSR count). The van der Waals surface area contributed by atoms with Gasteiger partial charge in [0.25, 0.3) is 0 Å². The number of carbonyl (C=O) groups excluding carboxylic acids is 2. The van der Waals surface area contributed by atoms with E-state index < -0.39 is 28.3 Å². The number of aromatic nitrogens is 2. The van der Waals surface area contributed by atoms with E-state index in [1.165, 1.54) is 18.9 Å². The first-order chi connectivity index (χ1) is 19.2. The first-order valence-corrected chi connectivity index (χ1v) is 15.3. The molecule has 0 atom stereocenters. The summed E-state index contributed by atoms with van der Waals surface area (Å²) in [6.07, 6.45) is 2.20. The highest BCUT2D eigenvalue weighted by molar-refractivity contribution is 8.01. The monoisotopic (exact) mass is 599 g/mol. The van der Waals surface area contributed by atoms with Gasteiger partial charge in [0, 0.05) is 6.20 Å². The van der Waals surface area contributed by atoms with Crippen LogP contribution in [0.4, 0.5) is 10.8 Å². The summed E-state index contributed by atoms with van der Waals surface area (Å²) in [5.74, 6) is 0.213. The van der Waals surface area contributed by atoms with Crippen molar-refractivity contribution >= 4 is 55.8 Å². The molecular formula is C26H25N5O6S3. The van der Waals surface area contributed by atoms with Gasteiger partial charge in [-0.05, 0) is 36.4 Å². The second-order valence-electron chi connectivity index (χ2n) is 8.14. The zero-order valence-corrected chi connectivity index (χ0v) is 23.9. The summed E-state index contributed by atoms with van der Waals surface area (Å²) in [6, 6.07) is 19.3. The van der Waals surface area contributed by atoms with Gasteiger partial charge in [-0.1, -0.05) is 53.4 Å². The number of ether oxygens (including phenoxy) is 2. The maximum absolute atomic E-state index is 12.7. The van der Waals surface area contributed by atoms with Crippen LogP contribution in [0.15, 0.2) is 82.2 Å². The molecule has 0 aliphatic carbocycles. The van der Waals surface area contributed by atoms with Crippen LogP contribution in [0.5, 0.6) is 17.2 Å². The van der Waals surface area contributed by atoms with E-state index in [1.54, 1.807) is 60.8 Å². The Hall–Kier alpha value is -3.98. The van der Waals surface area contributed by atoms with Gasteiger partial charge in [-0.25, -0.2) is 23.1 Å². The van der Waals surface area contributed by atoms with Crippen molar-refractivity contribution in [1.29, 1.82) is 0 Å². The van der Waals surface area contributed by atoms with Gasteiger partial charge in [0.1, 0.15) is 11.4 Å². The molecule has 0 aliphatic heterocycles. The minimum absolute atomic E-state index is 0.0656. The van der Waals surface area contributed by atoms with E-state index in [9.17, 15) is 18.0 Å². The fourth-order valence-corrected chi connectivity index (χ4v) is 5.74. The van der Waals surface area contributed by atoms with Gasteiger partial charge in [0.05, 0.1) is 35.5 Å². The van der Waals surface area contributed by atoms with Crippen LogP contribution in [0.3, 0.4) is 0 Å². The summed E-state index contributed by atoms with van der Waals surface area (Å²) < 4.78 is 37.5. The van der Waals surface area contributed by atoms with Crippen LogP contribution in [-0.2, 0) is 26.2 Å². The molecule has 40 heavy (non-hydrogen) atoms. The molecule has 2 aromatic carbocycles. The molecule has 14 heteroatoms. The number of sulfonamides is 1. The Balaban J connectivity index is 1.42. The molecule has 0 radical (unpaired) electrons. The van der Waals surface area contributed by atoms with Gasteiger partial charge in [-0.2, -0.15) is 0 Å². The van der Waals surface area contributed by atoms with E-state index in [1.807, 2.05) is 12.1 Å². The average molecular weight is 600 g/mol. The summed E-state index contributed by atoms with van der Waals surface area (Å²) in [7, 11) is -1.94. The Labute approximate surface area is 239 Å². The molecule has 3 N–H and O–H groups in total. The van der Waals surface area contributed by atoms with Crippen molar-refractivity contribution in [2.75, 3.05) is 24.0 Å². The third-order valence-corrected chi connectivity index (χ3v) is 7.86. The third kappa shape index (κ3) is 8.51. The van der Waals surface area contributed by atoms with Gasteiger partial charge < -0.3 is 20.1 Å². The standard InChI is InChI=1S/C26H25N5O6S3/c1-36-20-11-5-6-12-21(20)37-19-10-4-3-9-17(19)29-22(32)15-23(33)31-26-30-18(16-28-40(2,34)35)25(39-26)38-24-13-7-8-14-27-24/h3-14,28H,15-16H2,1-2H3,(H,29,32)(H,30,31,33). The lowest BCUT2D eigenvalue weighted by Crippen LogP contribution is -2.22. The van der Waals surface area contributed by atoms with Crippen LogP contribution in [0.2, 0.25) is 0 Å². The number of rotatable bonds is 12. The van der Waals surface area contributed by atoms with E-state index in [2.05, 4.69) is 25.3 Å². The number of carbonyl (C=O) groups is 2. The van der Waals surface area contributed by atoms with E-state index >= 15 is 0 Å². The van der Waals surface area contributed by atoms with Gasteiger partial charge in [-0.3, -0.25) is 9.59 Å². The van der Waals surface area contributed by atoms with Crippen LogP contribution in [-0.4, -0.2) is 43.6 Å². The van der Waals surface area contributed by atoms with Crippen LogP contribution in [0.1, 0.15) is 12.1 Å². The number of anilines is 2. The van der Waals surface area contributed by atoms with Crippen molar-refractivity contribution in [3.63, 3.8) is 0 Å². The van der Waals surface area contributed by atoms with E-state index in [0.717, 1.165) is 17.6 Å². The van der Waals surface area contributed by atoms with Crippen LogP contribution in [0.25, 0.3) is 0 Å². The van der Waals surface area contributed by atoms with E-state index in [-0.39, 0.29) is 11.7 Å². The number of nitrogens with one attached hydrogen (secondary N) is 3. The van der Waals surface area contributed by atoms with Crippen molar-refractivity contribution in [3.05, 3.63) is 78.6 Å².